The fraction of sp³-hybridized carbons (Fsp3) is 0.182. The molecule has 0 radical (unpaired) electrons. The third-order valence-corrected chi connectivity index (χ3v) is 2.44. The first-order chi connectivity index (χ1) is 6.29. The number of hydrogen-bond donors (Lipinski definition) is 0. The van der Waals surface area contributed by atoms with Crippen molar-refractivity contribution < 1.29 is 4.79 Å². The van der Waals surface area contributed by atoms with Gasteiger partial charge in [-0.3, -0.25) is 4.79 Å². The fourth-order valence-corrected chi connectivity index (χ4v) is 1.80. The number of Topliss-reactive ketones (excluding diaryl/α,β-unsaturated/α-hetero) is 1. The quantitative estimate of drug-likeness (QED) is 0.614. The van der Waals surface area contributed by atoms with Crippen molar-refractivity contribution in [1.29, 1.82) is 0 Å². The molecule has 0 fully saturated rings. The van der Waals surface area contributed by atoms with Gasteiger partial charge in [-0.15, -0.1) is 0 Å². The van der Waals surface area contributed by atoms with Crippen LogP contribution in [0.1, 0.15) is 18.9 Å². The molecule has 0 saturated heterocycles. The van der Waals surface area contributed by atoms with Crippen molar-refractivity contribution in [3.05, 3.63) is 40.0 Å². The summed E-state index contributed by atoms with van der Waals surface area (Å²) in [6, 6.07) is 9.75. The molecule has 0 saturated carbocycles. The molecule has 0 bridgehead atoms. The smallest absolute Gasteiger partial charge is 0.163 e. The van der Waals surface area contributed by atoms with E-state index in [4.69, 9.17) is 0 Å². The number of carbonyl (C=O) groups excluding carboxylic acids is 1. The van der Waals surface area contributed by atoms with E-state index in [-0.39, 0.29) is 5.78 Å². The molecule has 1 aromatic carbocycles. The van der Waals surface area contributed by atoms with Crippen LogP contribution in [0.15, 0.2) is 34.4 Å². The van der Waals surface area contributed by atoms with Gasteiger partial charge in [0.05, 0.1) is 0 Å². The number of allylic oxidation sites excluding steroid dienone is 1. The molecule has 0 amide bonds. The van der Waals surface area contributed by atoms with Gasteiger partial charge < -0.3 is 0 Å². The molecular formula is C11H11IO. The van der Waals surface area contributed by atoms with Crippen LogP contribution in [0.2, 0.25) is 0 Å². The SMILES string of the molecule is CCC(=O)C(=CI)c1ccccc1. The van der Waals surface area contributed by atoms with E-state index in [9.17, 15) is 4.79 Å². The van der Waals surface area contributed by atoms with Crippen LogP contribution in [-0.2, 0) is 4.79 Å². The summed E-state index contributed by atoms with van der Waals surface area (Å²) < 4.78 is 1.85. The van der Waals surface area contributed by atoms with E-state index in [2.05, 4.69) is 22.6 Å². The third-order valence-electron chi connectivity index (χ3n) is 1.82. The summed E-state index contributed by atoms with van der Waals surface area (Å²) in [5.74, 6) is 0.195. The normalized spacial score (nSPS) is 11.4. The maximum Gasteiger partial charge on any atom is 0.163 e. The largest absolute Gasteiger partial charge is 0.294 e. The molecule has 0 unspecified atom stereocenters. The van der Waals surface area contributed by atoms with E-state index in [1.165, 1.54) is 0 Å². The average Bonchev–Trinajstić information content (AvgIpc) is 2.20. The average molecular weight is 286 g/mol. The lowest BCUT2D eigenvalue weighted by molar-refractivity contribution is -0.113. The highest BCUT2D eigenvalue weighted by atomic mass is 127. The molecule has 0 N–H and O–H groups in total. The Hall–Kier alpha value is -0.640. The fourth-order valence-electron chi connectivity index (χ4n) is 1.09. The third kappa shape index (κ3) is 2.66. The van der Waals surface area contributed by atoms with Gasteiger partial charge in [0.1, 0.15) is 0 Å². The van der Waals surface area contributed by atoms with Crippen molar-refractivity contribution in [3.63, 3.8) is 0 Å². The van der Waals surface area contributed by atoms with Gasteiger partial charge in [0.2, 0.25) is 0 Å². The van der Waals surface area contributed by atoms with Gasteiger partial charge in [0, 0.05) is 12.0 Å². The summed E-state index contributed by atoms with van der Waals surface area (Å²) >= 11 is 2.11. The predicted molar refractivity (Wildman–Crippen MR) is 63.7 cm³/mol. The van der Waals surface area contributed by atoms with E-state index >= 15 is 0 Å². The molecule has 0 aliphatic heterocycles. The van der Waals surface area contributed by atoms with E-state index < -0.39 is 0 Å². The summed E-state index contributed by atoms with van der Waals surface area (Å²) in [6.07, 6.45) is 0.559. The maximum atomic E-state index is 11.5. The zero-order valence-electron chi connectivity index (χ0n) is 7.46. The number of hydrogen-bond acceptors (Lipinski definition) is 1. The highest BCUT2D eigenvalue weighted by Gasteiger charge is 2.07. The van der Waals surface area contributed by atoms with Gasteiger partial charge in [0.15, 0.2) is 5.78 Å². The molecule has 0 aromatic heterocycles. The Balaban J connectivity index is 3.00. The Morgan fingerprint density at radius 3 is 2.46 bits per heavy atom. The maximum absolute atomic E-state index is 11.5. The van der Waals surface area contributed by atoms with Gasteiger partial charge in [-0.1, -0.05) is 59.8 Å². The molecule has 2 heteroatoms. The van der Waals surface area contributed by atoms with Gasteiger partial charge in [-0.25, -0.2) is 0 Å². The molecule has 1 aromatic rings. The predicted octanol–water partition coefficient (Wildman–Crippen LogP) is 3.44. The van der Waals surface area contributed by atoms with Crippen molar-refractivity contribution >= 4 is 33.9 Å². The monoisotopic (exact) mass is 286 g/mol. The lowest BCUT2D eigenvalue weighted by atomic mass is 10.0. The number of ketones is 1. The number of benzene rings is 1. The number of rotatable bonds is 3. The minimum Gasteiger partial charge on any atom is -0.294 e. The Morgan fingerprint density at radius 2 is 2.00 bits per heavy atom. The van der Waals surface area contributed by atoms with Gasteiger partial charge in [0.25, 0.3) is 0 Å². The van der Waals surface area contributed by atoms with Gasteiger partial charge in [-0.05, 0) is 9.65 Å². The topological polar surface area (TPSA) is 17.1 Å². The Labute approximate surface area is 92.0 Å². The molecule has 0 aliphatic rings. The van der Waals surface area contributed by atoms with E-state index in [1.807, 2.05) is 41.3 Å². The zero-order chi connectivity index (χ0) is 9.68. The minimum absolute atomic E-state index is 0.195. The highest BCUT2D eigenvalue weighted by molar-refractivity contribution is 14.1. The first kappa shape index (κ1) is 10.4. The minimum atomic E-state index is 0.195. The van der Waals surface area contributed by atoms with Crippen LogP contribution in [0, 0.1) is 0 Å². The lowest BCUT2D eigenvalue weighted by Crippen LogP contribution is -1.98. The molecule has 0 heterocycles. The first-order valence-electron chi connectivity index (χ1n) is 4.18. The molecule has 0 aliphatic carbocycles. The molecule has 0 atom stereocenters. The molecule has 1 rings (SSSR count). The molecular weight excluding hydrogens is 275 g/mol. The standard InChI is InChI=1S/C11H11IO/c1-2-11(13)10(8-12)9-6-4-3-5-7-9/h3-8H,2H2,1H3. The lowest BCUT2D eigenvalue weighted by Gasteiger charge is -2.02. The van der Waals surface area contributed by atoms with Gasteiger partial charge >= 0.3 is 0 Å². The Morgan fingerprint density at radius 1 is 1.38 bits per heavy atom. The number of carbonyl (C=O) groups is 1. The molecule has 68 valence electrons. The summed E-state index contributed by atoms with van der Waals surface area (Å²) in [4.78, 5) is 11.5. The van der Waals surface area contributed by atoms with Crippen LogP contribution in [-0.4, -0.2) is 5.78 Å². The second-order valence-electron chi connectivity index (χ2n) is 2.67. The Kier molecular flexibility index (Phi) is 4.15. The summed E-state index contributed by atoms with van der Waals surface area (Å²) in [5, 5.41) is 0. The molecule has 1 nitrogen and oxygen atoms in total. The second-order valence-corrected chi connectivity index (χ2v) is 3.29. The van der Waals surface area contributed by atoms with Crippen LogP contribution in [0.3, 0.4) is 0 Å². The van der Waals surface area contributed by atoms with Crippen molar-refractivity contribution in [2.24, 2.45) is 0 Å². The van der Waals surface area contributed by atoms with Crippen LogP contribution >= 0.6 is 22.6 Å². The highest BCUT2D eigenvalue weighted by Crippen LogP contribution is 2.18. The number of halogens is 1. The van der Waals surface area contributed by atoms with Crippen molar-refractivity contribution in [1.82, 2.24) is 0 Å². The van der Waals surface area contributed by atoms with Crippen LogP contribution < -0.4 is 0 Å². The molecule has 13 heavy (non-hydrogen) atoms. The summed E-state index contributed by atoms with van der Waals surface area (Å²) in [7, 11) is 0. The summed E-state index contributed by atoms with van der Waals surface area (Å²) in [5.41, 5.74) is 1.81. The van der Waals surface area contributed by atoms with Crippen LogP contribution in [0.25, 0.3) is 5.57 Å². The van der Waals surface area contributed by atoms with Gasteiger partial charge in [-0.2, -0.15) is 0 Å². The Bertz CT molecular complexity index is 314. The molecule has 0 spiro atoms. The first-order valence-corrected chi connectivity index (χ1v) is 5.43. The van der Waals surface area contributed by atoms with E-state index in [0.29, 0.717) is 6.42 Å². The van der Waals surface area contributed by atoms with Crippen molar-refractivity contribution in [2.75, 3.05) is 0 Å². The second kappa shape index (κ2) is 5.17. The zero-order valence-corrected chi connectivity index (χ0v) is 9.61. The summed E-state index contributed by atoms with van der Waals surface area (Å²) in [6.45, 7) is 1.88. The van der Waals surface area contributed by atoms with Crippen molar-refractivity contribution in [2.45, 2.75) is 13.3 Å². The van der Waals surface area contributed by atoms with E-state index in [0.717, 1.165) is 11.1 Å². The van der Waals surface area contributed by atoms with Crippen molar-refractivity contribution in [3.8, 4) is 0 Å². The van der Waals surface area contributed by atoms with Crippen LogP contribution in [0.5, 0.6) is 0 Å². The van der Waals surface area contributed by atoms with E-state index in [1.54, 1.807) is 0 Å². The van der Waals surface area contributed by atoms with Crippen LogP contribution in [0.4, 0.5) is 0 Å².